The maximum absolute atomic E-state index is 12.2. The highest BCUT2D eigenvalue weighted by Crippen LogP contribution is 2.35. The summed E-state index contributed by atoms with van der Waals surface area (Å²) < 4.78 is 13.5. The van der Waals surface area contributed by atoms with Crippen molar-refractivity contribution >= 4 is 62.2 Å². The summed E-state index contributed by atoms with van der Waals surface area (Å²) >= 11 is 11.8. The van der Waals surface area contributed by atoms with Gasteiger partial charge in [0.2, 0.25) is 0 Å². The van der Waals surface area contributed by atoms with Gasteiger partial charge in [0.05, 0.1) is 16.4 Å². The van der Waals surface area contributed by atoms with Crippen LogP contribution < -0.4 is 14.9 Å². The molecule has 0 bridgehead atoms. The van der Waals surface area contributed by atoms with Gasteiger partial charge in [0.15, 0.2) is 11.5 Å². The molecule has 0 atom stereocenters. The molecule has 0 aliphatic heterocycles. The lowest BCUT2D eigenvalue weighted by molar-refractivity contribution is 0.0955. The summed E-state index contributed by atoms with van der Waals surface area (Å²) in [7, 11) is 0. The molecule has 0 fully saturated rings. The molecule has 0 heterocycles. The first kappa shape index (κ1) is 23.6. The molecule has 3 aromatic carbocycles. The molecule has 1 N–H and O–H groups in total. The molecule has 3 rings (SSSR count). The lowest BCUT2D eigenvalue weighted by Crippen LogP contribution is -2.17. The third kappa shape index (κ3) is 6.69. The lowest BCUT2D eigenvalue weighted by Gasteiger charge is -2.15. The fourth-order valence-corrected chi connectivity index (χ4v) is 3.90. The second-order valence-electron chi connectivity index (χ2n) is 6.35. The van der Waals surface area contributed by atoms with Gasteiger partial charge in [-0.15, -0.1) is 0 Å². The van der Waals surface area contributed by atoms with Crippen LogP contribution >= 0.6 is 50.1 Å². The zero-order chi connectivity index (χ0) is 22.2. The van der Waals surface area contributed by atoms with Gasteiger partial charge in [0.25, 0.3) is 5.91 Å². The van der Waals surface area contributed by atoms with E-state index < -0.39 is 0 Å². The molecule has 0 radical (unpaired) electrons. The Morgan fingerprint density at radius 1 is 1.16 bits per heavy atom. The third-order valence-corrected chi connectivity index (χ3v) is 5.85. The highest BCUT2D eigenvalue weighted by molar-refractivity contribution is 14.1. The molecule has 31 heavy (non-hydrogen) atoms. The number of amides is 1. The fraction of sp³-hybridized carbons (Fsp3) is 0.130. The molecule has 160 valence electrons. The molecular weight excluding hydrogens is 595 g/mol. The topological polar surface area (TPSA) is 59.9 Å². The van der Waals surface area contributed by atoms with E-state index in [0.29, 0.717) is 35.3 Å². The number of nitrogens with zero attached hydrogens (tertiary/aromatic N) is 1. The van der Waals surface area contributed by atoms with Crippen LogP contribution in [0, 0.1) is 3.57 Å². The average Bonchev–Trinajstić information content (AvgIpc) is 2.75. The Kier molecular flexibility index (Phi) is 8.74. The summed E-state index contributed by atoms with van der Waals surface area (Å²) in [6.07, 6.45) is 1.57. The molecule has 8 heteroatoms. The monoisotopic (exact) mass is 612 g/mol. The van der Waals surface area contributed by atoms with Crippen molar-refractivity contribution in [2.75, 3.05) is 6.61 Å². The van der Waals surface area contributed by atoms with Gasteiger partial charge in [-0.3, -0.25) is 4.79 Å². The van der Waals surface area contributed by atoms with Crippen LogP contribution in [0.5, 0.6) is 11.5 Å². The van der Waals surface area contributed by atoms with E-state index in [0.717, 1.165) is 19.2 Å². The number of rotatable bonds is 8. The van der Waals surface area contributed by atoms with Gasteiger partial charge in [0.1, 0.15) is 6.61 Å². The quantitative estimate of drug-likeness (QED) is 0.181. The van der Waals surface area contributed by atoms with Gasteiger partial charge in [-0.05, 0) is 77.5 Å². The minimum atomic E-state index is -0.289. The largest absolute Gasteiger partial charge is 0.490 e. The maximum atomic E-state index is 12.2. The van der Waals surface area contributed by atoms with Crippen LogP contribution in [0.1, 0.15) is 28.4 Å². The number of hydrogen-bond acceptors (Lipinski definition) is 4. The molecule has 0 saturated carbocycles. The Morgan fingerprint density at radius 3 is 2.61 bits per heavy atom. The number of benzene rings is 3. The highest BCUT2D eigenvalue weighted by Gasteiger charge is 2.13. The predicted octanol–water partition coefficient (Wildman–Crippen LogP) is 6.45. The van der Waals surface area contributed by atoms with Gasteiger partial charge < -0.3 is 9.47 Å². The fourth-order valence-electron chi connectivity index (χ4n) is 2.66. The zero-order valence-corrected chi connectivity index (χ0v) is 21.1. The Balaban J connectivity index is 1.73. The van der Waals surface area contributed by atoms with Crippen molar-refractivity contribution in [2.24, 2.45) is 5.10 Å². The number of carbonyl (C=O) groups excluding carboxylic acids is 1. The summed E-state index contributed by atoms with van der Waals surface area (Å²) in [4.78, 5) is 12.2. The van der Waals surface area contributed by atoms with Crippen LogP contribution in [-0.4, -0.2) is 18.7 Å². The molecule has 0 aromatic heterocycles. The van der Waals surface area contributed by atoms with E-state index in [-0.39, 0.29) is 5.91 Å². The molecular formula is C23H19BrClIN2O3. The van der Waals surface area contributed by atoms with E-state index in [1.165, 1.54) is 0 Å². The second kappa shape index (κ2) is 11.5. The third-order valence-electron chi connectivity index (χ3n) is 4.15. The van der Waals surface area contributed by atoms with Gasteiger partial charge in [-0.2, -0.15) is 5.10 Å². The Bertz CT molecular complexity index is 1090. The van der Waals surface area contributed by atoms with E-state index in [1.54, 1.807) is 30.5 Å². The van der Waals surface area contributed by atoms with Crippen molar-refractivity contribution in [3.8, 4) is 11.5 Å². The molecule has 0 spiro atoms. The maximum Gasteiger partial charge on any atom is 0.271 e. The Hall–Kier alpha value is -2.10. The average molecular weight is 614 g/mol. The van der Waals surface area contributed by atoms with E-state index in [4.69, 9.17) is 21.1 Å². The summed E-state index contributed by atoms with van der Waals surface area (Å²) in [6, 6.07) is 18.3. The molecule has 0 saturated heterocycles. The van der Waals surface area contributed by atoms with Crippen LogP contribution in [0.4, 0.5) is 0 Å². The van der Waals surface area contributed by atoms with E-state index in [9.17, 15) is 4.79 Å². The van der Waals surface area contributed by atoms with Crippen LogP contribution in [0.3, 0.4) is 0 Å². The minimum absolute atomic E-state index is 0.289. The van der Waals surface area contributed by atoms with Crippen molar-refractivity contribution < 1.29 is 14.3 Å². The number of hydrogen-bond donors (Lipinski definition) is 1. The highest BCUT2D eigenvalue weighted by atomic mass is 127. The Morgan fingerprint density at radius 2 is 1.90 bits per heavy atom. The van der Waals surface area contributed by atoms with Crippen molar-refractivity contribution in [3.05, 3.63) is 90.4 Å². The van der Waals surface area contributed by atoms with Crippen LogP contribution in [-0.2, 0) is 6.61 Å². The number of halogens is 3. The summed E-state index contributed by atoms with van der Waals surface area (Å²) in [5, 5.41) is 4.72. The number of carbonyl (C=O) groups is 1. The van der Waals surface area contributed by atoms with Gasteiger partial charge in [-0.1, -0.05) is 45.7 Å². The zero-order valence-electron chi connectivity index (χ0n) is 16.6. The first-order valence-electron chi connectivity index (χ1n) is 9.39. The first-order valence-corrected chi connectivity index (χ1v) is 11.6. The normalized spacial score (nSPS) is 10.8. The molecule has 3 aromatic rings. The molecule has 0 aliphatic rings. The smallest absolute Gasteiger partial charge is 0.271 e. The summed E-state index contributed by atoms with van der Waals surface area (Å²) in [5.74, 6) is 0.948. The minimum Gasteiger partial charge on any atom is -0.490 e. The molecule has 1 amide bonds. The van der Waals surface area contributed by atoms with Crippen LogP contribution in [0.2, 0.25) is 5.02 Å². The standard InChI is InChI=1S/C23H19BrClIN2O3/c1-2-30-21-12-15(13-27-28-23(29)16-7-9-18(24)10-8-16)11-20(26)22(21)31-14-17-5-3-4-6-19(17)25/h3-13H,2,14H2,1H3,(H,28,29)/b27-13+. The van der Waals surface area contributed by atoms with Crippen LogP contribution in [0.25, 0.3) is 0 Å². The number of ether oxygens (including phenoxy) is 2. The first-order chi connectivity index (χ1) is 15.0. The lowest BCUT2D eigenvalue weighted by atomic mass is 10.2. The molecule has 5 nitrogen and oxygen atoms in total. The number of hydrazone groups is 1. The Labute approximate surface area is 208 Å². The summed E-state index contributed by atoms with van der Waals surface area (Å²) in [6.45, 7) is 2.72. The van der Waals surface area contributed by atoms with E-state index in [2.05, 4.69) is 49.0 Å². The van der Waals surface area contributed by atoms with Gasteiger partial charge in [-0.25, -0.2) is 5.43 Å². The van der Waals surface area contributed by atoms with Crippen LogP contribution in [0.15, 0.2) is 70.2 Å². The molecule has 0 aliphatic carbocycles. The van der Waals surface area contributed by atoms with Crippen molar-refractivity contribution in [2.45, 2.75) is 13.5 Å². The van der Waals surface area contributed by atoms with Crippen molar-refractivity contribution in [1.29, 1.82) is 0 Å². The second-order valence-corrected chi connectivity index (χ2v) is 8.83. The predicted molar refractivity (Wildman–Crippen MR) is 135 cm³/mol. The molecule has 0 unspecified atom stereocenters. The van der Waals surface area contributed by atoms with E-state index >= 15 is 0 Å². The van der Waals surface area contributed by atoms with E-state index in [1.807, 2.05) is 43.3 Å². The van der Waals surface area contributed by atoms with Gasteiger partial charge >= 0.3 is 0 Å². The van der Waals surface area contributed by atoms with Crippen molar-refractivity contribution in [1.82, 2.24) is 5.43 Å². The summed E-state index contributed by atoms with van der Waals surface area (Å²) in [5.41, 5.74) is 4.72. The van der Waals surface area contributed by atoms with Gasteiger partial charge in [0, 0.05) is 20.6 Å². The number of nitrogens with one attached hydrogen (secondary N) is 1. The van der Waals surface area contributed by atoms with Crippen molar-refractivity contribution in [3.63, 3.8) is 0 Å². The SMILES string of the molecule is CCOc1cc(/C=N/NC(=O)c2ccc(Br)cc2)cc(I)c1OCc1ccccc1Cl.